The normalized spacial score (nSPS) is 10.2. The molecule has 4 nitrogen and oxygen atoms in total. The molecule has 0 atom stereocenters. The van der Waals surface area contributed by atoms with Crippen LogP contribution >= 0.6 is 50.1 Å². The van der Waals surface area contributed by atoms with Crippen molar-refractivity contribution in [2.45, 2.75) is 0 Å². The smallest absolute Gasteiger partial charge is 0.224 e. The zero-order valence-electron chi connectivity index (χ0n) is 7.78. The molecule has 82 valence electrons. The van der Waals surface area contributed by atoms with Gasteiger partial charge >= 0.3 is 0 Å². The maximum Gasteiger partial charge on any atom is 0.224 e. The quantitative estimate of drug-likeness (QED) is 0.606. The first-order chi connectivity index (χ1) is 7.66. The van der Waals surface area contributed by atoms with Crippen molar-refractivity contribution >= 4 is 61.6 Å². The van der Waals surface area contributed by atoms with Gasteiger partial charge in [-0.15, -0.1) is 0 Å². The van der Waals surface area contributed by atoms with Crippen molar-refractivity contribution in [1.29, 1.82) is 0 Å². The molecule has 0 aliphatic heterocycles. The fraction of sp³-hybridized carbons (Fsp3) is 0. The Balaban J connectivity index is 2.34. The maximum absolute atomic E-state index is 5.73. The first-order valence-electron chi connectivity index (χ1n) is 4.21. The summed E-state index contributed by atoms with van der Waals surface area (Å²) in [6, 6.07) is 1.87. The molecule has 2 heterocycles. The van der Waals surface area contributed by atoms with Gasteiger partial charge in [-0.1, -0.05) is 0 Å². The van der Waals surface area contributed by atoms with Gasteiger partial charge in [0.25, 0.3) is 0 Å². The summed E-state index contributed by atoms with van der Waals surface area (Å²) in [5.41, 5.74) is 0.922. The van der Waals surface area contributed by atoms with Gasteiger partial charge < -0.3 is 5.32 Å². The van der Waals surface area contributed by atoms with Crippen LogP contribution in [0.1, 0.15) is 0 Å². The Labute approximate surface area is 119 Å². The topological polar surface area (TPSA) is 50.7 Å². The monoisotopic (exact) mass is 410 g/mol. The third-order valence-corrected chi connectivity index (χ3v) is 3.36. The average molecular weight is 411 g/mol. The Morgan fingerprint density at radius 2 is 2.19 bits per heavy atom. The number of anilines is 2. The number of nitrogens with one attached hydrogen (secondary N) is 1. The van der Waals surface area contributed by atoms with Gasteiger partial charge in [0.15, 0.2) is 0 Å². The molecular weight excluding hydrogens is 406 g/mol. The van der Waals surface area contributed by atoms with Crippen molar-refractivity contribution in [3.8, 4) is 0 Å². The van der Waals surface area contributed by atoms with Crippen molar-refractivity contribution in [2.24, 2.45) is 0 Å². The zero-order valence-corrected chi connectivity index (χ0v) is 12.3. The zero-order chi connectivity index (χ0) is 11.5. The molecule has 0 aromatic carbocycles. The molecule has 0 bridgehead atoms. The van der Waals surface area contributed by atoms with E-state index in [9.17, 15) is 0 Å². The van der Waals surface area contributed by atoms with Gasteiger partial charge in [-0.3, -0.25) is 4.98 Å². The Morgan fingerprint density at radius 3 is 2.94 bits per heavy atom. The van der Waals surface area contributed by atoms with Crippen LogP contribution in [0, 0.1) is 3.57 Å². The number of nitrogens with zero attached hydrogens (tertiary/aromatic N) is 3. The van der Waals surface area contributed by atoms with E-state index in [1.807, 2.05) is 6.07 Å². The molecule has 0 spiro atoms. The first kappa shape index (κ1) is 12.0. The van der Waals surface area contributed by atoms with Gasteiger partial charge in [-0.2, -0.15) is 4.98 Å². The minimum Gasteiger partial charge on any atom is -0.338 e. The number of aromatic nitrogens is 3. The molecule has 0 fully saturated rings. The van der Waals surface area contributed by atoms with E-state index in [2.05, 4.69) is 58.8 Å². The summed E-state index contributed by atoms with van der Waals surface area (Å²) in [5.74, 6) is 0.629. The summed E-state index contributed by atoms with van der Waals surface area (Å²) < 4.78 is 1.76. The summed E-state index contributed by atoms with van der Waals surface area (Å²) in [6.07, 6.45) is 5.08. The maximum atomic E-state index is 5.73. The first-order valence-corrected chi connectivity index (χ1v) is 6.46. The fourth-order valence-corrected chi connectivity index (χ4v) is 1.94. The van der Waals surface area contributed by atoms with Crippen LogP contribution in [-0.4, -0.2) is 15.0 Å². The van der Waals surface area contributed by atoms with Gasteiger partial charge in [-0.05, 0) is 56.2 Å². The van der Waals surface area contributed by atoms with E-state index < -0.39 is 0 Å². The highest BCUT2D eigenvalue weighted by Crippen LogP contribution is 2.26. The van der Waals surface area contributed by atoms with Crippen LogP contribution in [0.25, 0.3) is 0 Å². The molecule has 0 unspecified atom stereocenters. The molecule has 0 aliphatic rings. The van der Waals surface area contributed by atoms with Gasteiger partial charge in [0.2, 0.25) is 5.28 Å². The Kier molecular flexibility index (Phi) is 3.93. The van der Waals surface area contributed by atoms with Crippen molar-refractivity contribution in [3.05, 3.63) is 38.0 Å². The van der Waals surface area contributed by atoms with Crippen LogP contribution in [0.4, 0.5) is 11.5 Å². The number of hydrogen-bond acceptors (Lipinski definition) is 4. The minimum atomic E-state index is 0.203. The highest BCUT2D eigenvalue weighted by atomic mass is 127. The van der Waals surface area contributed by atoms with Crippen LogP contribution in [0.5, 0.6) is 0 Å². The van der Waals surface area contributed by atoms with Crippen LogP contribution < -0.4 is 5.32 Å². The largest absolute Gasteiger partial charge is 0.338 e. The molecule has 16 heavy (non-hydrogen) atoms. The molecule has 0 saturated carbocycles. The second kappa shape index (κ2) is 5.24. The van der Waals surface area contributed by atoms with E-state index in [1.165, 1.54) is 0 Å². The fourth-order valence-electron chi connectivity index (χ4n) is 1.04. The van der Waals surface area contributed by atoms with E-state index in [1.54, 1.807) is 18.6 Å². The van der Waals surface area contributed by atoms with E-state index in [4.69, 9.17) is 11.6 Å². The Hall–Kier alpha value is -0.470. The highest BCUT2D eigenvalue weighted by molar-refractivity contribution is 14.1. The third kappa shape index (κ3) is 2.80. The van der Waals surface area contributed by atoms with Crippen LogP contribution in [0.3, 0.4) is 0 Å². The third-order valence-electron chi connectivity index (χ3n) is 1.74. The lowest BCUT2D eigenvalue weighted by atomic mass is 10.4. The molecule has 0 saturated heterocycles. The average Bonchev–Trinajstić information content (AvgIpc) is 2.27. The van der Waals surface area contributed by atoms with Crippen molar-refractivity contribution < 1.29 is 0 Å². The standard InChI is InChI=1S/C9H5BrClIN4/c10-5-3-14-9(11)16-8(5)15-7-1-2-13-4-6(7)12/h1-4H,(H,13,14,15,16). The lowest BCUT2D eigenvalue weighted by Crippen LogP contribution is -1.98. The summed E-state index contributed by atoms with van der Waals surface area (Å²) in [6.45, 7) is 0. The second-order valence-corrected chi connectivity index (χ2v) is 5.17. The highest BCUT2D eigenvalue weighted by Gasteiger charge is 2.06. The summed E-state index contributed by atoms with van der Waals surface area (Å²) in [4.78, 5) is 11.9. The predicted molar refractivity (Wildman–Crippen MR) is 75.0 cm³/mol. The summed E-state index contributed by atoms with van der Waals surface area (Å²) in [5, 5.41) is 3.35. The second-order valence-electron chi connectivity index (χ2n) is 2.82. The number of halogens is 3. The SMILES string of the molecule is Clc1ncc(Br)c(Nc2ccncc2I)n1. The van der Waals surface area contributed by atoms with E-state index >= 15 is 0 Å². The van der Waals surface area contributed by atoms with Crippen molar-refractivity contribution in [3.63, 3.8) is 0 Å². The molecule has 0 amide bonds. The molecule has 2 aromatic heterocycles. The van der Waals surface area contributed by atoms with Crippen molar-refractivity contribution in [1.82, 2.24) is 15.0 Å². The van der Waals surface area contributed by atoms with Crippen LogP contribution in [0.2, 0.25) is 5.28 Å². The molecular formula is C9H5BrClIN4. The summed E-state index contributed by atoms with van der Waals surface area (Å²) in [7, 11) is 0. The number of hydrogen-bond donors (Lipinski definition) is 1. The van der Waals surface area contributed by atoms with E-state index in [-0.39, 0.29) is 5.28 Å². The van der Waals surface area contributed by atoms with Gasteiger partial charge in [0.1, 0.15) is 5.82 Å². The van der Waals surface area contributed by atoms with Gasteiger partial charge in [0.05, 0.1) is 13.7 Å². The van der Waals surface area contributed by atoms with Gasteiger partial charge in [0, 0.05) is 18.6 Å². The Morgan fingerprint density at radius 1 is 1.38 bits per heavy atom. The lowest BCUT2D eigenvalue weighted by Gasteiger charge is -2.08. The van der Waals surface area contributed by atoms with E-state index in [0.717, 1.165) is 13.7 Å². The molecule has 2 rings (SSSR count). The molecule has 7 heteroatoms. The molecule has 0 aliphatic carbocycles. The Bertz CT molecular complexity index is 523. The van der Waals surface area contributed by atoms with Crippen molar-refractivity contribution in [2.75, 3.05) is 5.32 Å². The number of rotatable bonds is 2. The van der Waals surface area contributed by atoms with Crippen LogP contribution in [0.15, 0.2) is 29.1 Å². The number of pyridine rings is 1. The molecule has 1 N–H and O–H groups in total. The lowest BCUT2D eigenvalue weighted by molar-refractivity contribution is 1.15. The minimum absolute atomic E-state index is 0.203. The van der Waals surface area contributed by atoms with E-state index in [0.29, 0.717) is 5.82 Å². The van der Waals surface area contributed by atoms with Gasteiger partial charge in [-0.25, -0.2) is 4.98 Å². The summed E-state index contributed by atoms with van der Waals surface area (Å²) >= 11 is 11.3. The predicted octanol–water partition coefficient (Wildman–Crippen LogP) is 3.64. The van der Waals surface area contributed by atoms with Crippen LogP contribution in [-0.2, 0) is 0 Å². The molecule has 0 radical (unpaired) electrons. The molecule has 2 aromatic rings.